The number of anilines is 1. The molecule has 2 fully saturated rings. The van der Waals surface area contributed by atoms with Crippen molar-refractivity contribution >= 4 is 47.3 Å². The molecule has 15 heteroatoms. The monoisotopic (exact) mass is 909 g/mol. The average Bonchev–Trinajstić information content (AvgIpc) is 3.92. The van der Waals surface area contributed by atoms with Crippen molar-refractivity contribution in [3.63, 3.8) is 0 Å². The third-order valence-corrected chi connectivity index (χ3v) is 13.5. The van der Waals surface area contributed by atoms with Crippen molar-refractivity contribution in [1.29, 1.82) is 0 Å². The number of likely N-dealkylation sites (tertiary alicyclic amines) is 1. The third kappa shape index (κ3) is 13.5. The van der Waals surface area contributed by atoms with Gasteiger partial charge in [-0.05, 0) is 105 Å². The van der Waals surface area contributed by atoms with Crippen LogP contribution < -0.4 is 26.2 Å². The van der Waals surface area contributed by atoms with E-state index in [0.29, 0.717) is 62.9 Å². The smallest absolute Gasteiger partial charge is 0.410 e. The van der Waals surface area contributed by atoms with Crippen LogP contribution in [0.3, 0.4) is 0 Å². The van der Waals surface area contributed by atoms with Gasteiger partial charge in [0.15, 0.2) is 0 Å². The summed E-state index contributed by atoms with van der Waals surface area (Å²) in [5.41, 5.74) is -0.880. The number of aromatic nitrogens is 1. The molecule has 0 spiro atoms. The first-order valence-electron chi connectivity index (χ1n) is 23.3. The molecule has 3 aliphatic heterocycles. The molecule has 4 atom stereocenters. The summed E-state index contributed by atoms with van der Waals surface area (Å²) in [4.78, 5) is 79.8. The van der Waals surface area contributed by atoms with E-state index in [0.717, 1.165) is 17.9 Å². The second kappa shape index (κ2) is 22.6. The Morgan fingerprint density at radius 1 is 0.891 bits per heavy atom. The first-order valence-corrected chi connectivity index (χ1v) is 24.3. The Bertz CT molecular complexity index is 1890. The lowest BCUT2D eigenvalue weighted by Gasteiger charge is -2.43. The standard InChI is InChI=1S/C45H68N8O6S.2C2H6/c1-28(30-15-17-31(18-16-30)35-29(2)47-27-60-35)48-38(55)33-14-13-21-53(33)39(56)36(42(3,4)5)49-40(57)44(9,10)45(11,12)50-37(54)32-19-20-34(46-26-32)51-22-24-52(25-23-51)41(58)59-43(6,7)8;2*1-2/h15-17,19-20,26,28,31,33,36,47H,13-14,18,21-25,27H2,1-12H3,(H,48,55)(H,49,57)(H,50,54);2*1-2H3. The number of carbonyl (C=O) groups is 5. The molecule has 358 valence electrons. The van der Waals surface area contributed by atoms with Crippen LogP contribution in [0.4, 0.5) is 10.6 Å². The number of allylic oxidation sites excluding steroid dienone is 4. The summed E-state index contributed by atoms with van der Waals surface area (Å²) in [7, 11) is 0. The normalized spacial score (nSPS) is 20.1. The maximum atomic E-state index is 14.4. The Kier molecular flexibility index (Phi) is 19.0. The number of nitrogens with one attached hydrogen (secondary N) is 4. The van der Waals surface area contributed by atoms with Gasteiger partial charge in [-0.25, -0.2) is 9.78 Å². The number of piperazine rings is 1. The van der Waals surface area contributed by atoms with E-state index in [4.69, 9.17) is 4.74 Å². The number of hydrogen-bond donors (Lipinski definition) is 4. The number of amides is 5. The van der Waals surface area contributed by atoms with Crippen molar-refractivity contribution in [3.05, 3.63) is 58.3 Å². The second-order valence-electron chi connectivity index (χ2n) is 19.6. The van der Waals surface area contributed by atoms with Gasteiger partial charge in [0.2, 0.25) is 17.7 Å². The van der Waals surface area contributed by atoms with E-state index in [2.05, 4.69) is 56.3 Å². The van der Waals surface area contributed by atoms with E-state index in [-0.39, 0.29) is 23.9 Å². The van der Waals surface area contributed by atoms with Crippen LogP contribution in [0.15, 0.2) is 52.7 Å². The van der Waals surface area contributed by atoms with Crippen LogP contribution >= 0.6 is 11.8 Å². The Labute approximate surface area is 388 Å². The maximum Gasteiger partial charge on any atom is 0.410 e. The van der Waals surface area contributed by atoms with Crippen molar-refractivity contribution in [2.45, 2.75) is 159 Å². The number of rotatable bonds is 11. The highest BCUT2D eigenvalue weighted by Crippen LogP contribution is 2.37. The van der Waals surface area contributed by atoms with Gasteiger partial charge < -0.3 is 40.7 Å². The topological polar surface area (TPSA) is 165 Å². The van der Waals surface area contributed by atoms with E-state index in [1.54, 1.807) is 49.6 Å². The average molecular weight is 909 g/mol. The summed E-state index contributed by atoms with van der Waals surface area (Å²) in [6, 6.07) is 1.68. The fourth-order valence-electron chi connectivity index (χ4n) is 7.73. The van der Waals surface area contributed by atoms with Crippen molar-refractivity contribution in [2.75, 3.05) is 43.5 Å². The Morgan fingerprint density at radius 2 is 1.53 bits per heavy atom. The highest BCUT2D eigenvalue weighted by molar-refractivity contribution is 8.03. The van der Waals surface area contributed by atoms with Crippen LogP contribution in [0.5, 0.6) is 0 Å². The molecule has 4 heterocycles. The van der Waals surface area contributed by atoms with E-state index in [9.17, 15) is 24.0 Å². The number of thioether (sulfide) groups is 1. The lowest BCUT2D eigenvalue weighted by molar-refractivity contribution is -0.146. The molecule has 5 rings (SSSR count). The van der Waals surface area contributed by atoms with Crippen LogP contribution in [-0.4, -0.2) is 112 Å². The summed E-state index contributed by atoms with van der Waals surface area (Å²) in [5.74, 6) is 0.620. The molecule has 0 bridgehead atoms. The van der Waals surface area contributed by atoms with Crippen molar-refractivity contribution < 1.29 is 28.7 Å². The highest BCUT2D eigenvalue weighted by Gasteiger charge is 2.48. The molecule has 14 nitrogen and oxygen atoms in total. The molecule has 4 unspecified atom stereocenters. The van der Waals surface area contributed by atoms with E-state index in [1.807, 2.05) is 87.9 Å². The van der Waals surface area contributed by atoms with Gasteiger partial charge in [-0.2, -0.15) is 0 Å². The zero-order chi connectivity index (χ0) is 48.4. The summed E-state index contributed by atoms with van der Waals surface area (Å²) in [6.07, 6.45) is 9.76. The Balaban J connectivity index is 0.00000265. The number of pyridine rings is 1. The molecule has 1 aromatic rings. The predicted molar refractivity (Wildman–Crippen MR) is 260 cm³/mol. The zero-order valence-electron chi connectivity index (χ0n) is 41.8. The van der Waals surface area contributed by atoms with Gasteiger partial charge in [-0.3, -0.25) is 19.2 Å². The summed E-state index contributed by atoms with van der Waals surface area (Å²) >= 11 is 1.84. The van der Waals surface area contributed by atoms with Gasteiger partial charge in [0, 0.05) is 61.0 Å². The molecular formula is C49H80N8O6S. The fourth-order valence-corrected chi connectivity index (χ4v) is 8.85. The maximum absolute atomic E-state index is 14.4. The minimum absolute atomic E-state index is 0.203. The van der Waals surface area contributed by atoms with Gasteiger partial charge in [0.05, 0.1) is 22.9 Å². The summed E-state index contributed by atoms with van der Waals surface area (Å²) in [5, 5.41) is 12.6. The summed E-state index contributed by atoms with van der Waals surface area (Å²) < 4.78 is 5.50. The van der Waals surface area contributed by atoms with Crippen LogP contribution in [0.25, 0.3) is 0 Å². The Hall–Kier alpha value is -4.53. The van der Waals surface area contributed by atoms with Gasteiger partial charge in [0.1, 0.15) is 23.5 Å². The molecule has 0 radical (unpaired) electrons. The first-order chi connectivity index (χ1) is 29.9. The molecule has 1 aromatic heterocycles. The molecular weight excluding hydrogens is 829 g/mol. The summed E-state index contributed by atoms with van der Waals surface area (Å²) in [6.45, 7) is 32.9. The zero-order valence-corrected chi connectivity index (χ0v) is 42.6. The van der Waals surface area contributed by atoms with Crippen molar-refractivity contribution in [1.82, 2.24) is 36.1 Å². The van der Waals surface area contributed by atoms with Crippen molar-refractivity contribution in [2.24, 2.45) is 16.7 Å². The minimum atomic E-state index is -1.17. The molecule has 64 heavy (non-hydrogen) atoms. The molecule has 4 aliphatic rings. The van der Waals surface area contributed by atoms with Gasteiger partial charge in [0.25, 0.3) is 5.91 Å². The lowest BCUT2D eigenvalue weighted by atomic mass is 9.72. The largest absolute Gasteiger partial charge is 0.444 e. The first kappa shape index (κ1) is 53.8. The predicted octanol–water partition coefficient (Wildman–Crippen LogP) is 7.78. The number of nitrogens with zero attached hydrogens (tertiary/aromatic N) is 4. The molecule has 2 saturated heterocycles. The number of hydrogen-bond acceptors (Lipinski definition) is 10. The van der Waals surface area contributed by atoms with Crippen LogP contribution in [-0.2, 0) is 19.1 Å². The van der Waals surface area contributed by atoms with Crippen LogP contribution in [0.1, 0.15) is 140 Å². The van der Waals surface area contributed by atoms with E-state index < -0.39 is 45.9 Å². The number of ether oxygens (including phenoxy) is 1. The molecule has 0 aromatic carbocycles. The van der Waals surface area contributed by atoms with E-state index >= 15 is 0 Å². The van der Waals surface area contributed by atoms with Crippen molar-refractivity contribution in [3.8, 4) is 0 Å². The van der Waals surface area contributed by atoms with Crippen LogP contribution in [0, 0.1) is 16.7 Å². The van der Waals surface area contributed by atoms with Gasteiger partial charge in [-0.15, -0.1) is 11.8 Å². The SMILES string of the molecule is CC.CC.CC1=C(C2C=CC(C(C)NC(=O)C3CCCN3C(=O)C(NC(=O)C(C)(C)C(C)(C)NC(=O)c3ccc(N4CCN(C(=O)OC(C)(C)C)CC4)nc3)C(C)(C)C)=CC2)SCN1. The van der Waals surface area contributed by atoms with Gasteiger partial charge >= 0.3 is 6.09 Å². The molecule has 5 amide bonds. The molecule has 4 N–H and O–H groups in total. The second-order valence-corrected chi connectivity index (χ2v) is 20.6. The molecule has 1 aliphatic carbocycles. The highest BCUT2D eigenvalue weighted by atomic mass is 32.2. The molecule has 0 saturated carbocycles. The van der Waals surface area contributed by atoms with Crippen LogP contribution in [0.2, 0.25) is 0 Å². The Morgan fingerprint density at radius 3 is 2.05 bits per heavy atom. The quantitative estimate of drug-likeness (QED) is 0.172. The van der Waals surface area contributed by atoms with Gasteiger partial charge in [-0.1, -0.05) is 66.7 Å². The number of carbonyl (C=O) groups excluding carboxylic acids is 5. The minimum Gasteiger partial charge on any atom is -0.444 e. The van der Waals surface area contributed by atoms with E-state index in [1.165, 1.54) is 16.8 Å². The third-order valence-electron chi connectivity index (χ3n) is 12.3. The fraction of sp³-hybridized carbons (Fsp3) is 0.673. The lowest BCUT2D eigenvalue weighted by Crippen LogP contribution is -2.64.